The molecule has 1 aromatic heterocycles. The summed E-state index contributed by atoms with van der Waals surface area (Å²) < 4.78 is 7.33. The second-order valence-corrected chi connectivity index (χ2v) is 7.21. The van der Waals surface area contributed by atoms with Gasteiger partial charge in [0.1, 0.15) is 0 Å². The van der Waals surface area contributed by atoms with Crippen molar-refractivity contribution in [3.05, 3.63) is 5.82 Å². The molecule has 0 radical (unpaired) electrons. The molecule has 2 fully saturated rings. The van der Waals surface area contributed by atoms with Crippen molar-refractivity contribution < 1.29 is 9.53 Å². The van der Waals surface area contributed by atoms with Gasteiger partial charge in [-0.2, -0.15) is 0 Å². The molecule has 134 valence electrons. The zero-order valence-corrected chi connectivity index (χ0v) is 14.6. The van der Waals surface area contributed by atoms with Gasteiger partial charge in [0, 0.05) is 45.9 Å². The summed E-state index contributed by atoms with van der Waals surface area (Å²) in [5.74, 6) is 1.56. The van der Waals surface area contributed by atoms with E-state index in [0.29, 0.717) is 18.4 Å². The van der Waals surface area contributed by atoms with Crippen molar-refractivity contribution in [2.45, 2.75) is 26.8 Å². The summed E-state index contributed by atoms with van der Waals surface area (Å²) in [6.45, 7) is 11.6. The summed E-state index contributed by atoms with van der Waals surface area (Å²) in [6, 6.07) is 0. The van der Waals surface area contributed by atoms with E-state index in [-0.39, 0.29) is 5.82 Å². The van der Waals surface area contributed by atoms with Crippen LogP contribution in [0.2, 0.25) is 0 Å². The number of amides is 1. The van der Waals surface area contributed by atoms with Gasteiger partial charge in [-0.1, -0.05) is 13.8 Å². The largest absolute Gasteiger partial charge is 0.381 e. The monoisotopic (exact) mass is 336 g/mol. The van der Waals surface area contributed by atoms with Crippen LogP contribution in [0.4, 0.5) is 5.95 Å². The number of nitrogens with two attached hydrogens (primary N) is 1. The van der Waals surface area contributed by atoms with E-state index in [4.69, 9.17) is 10.5 Å². The summed E-state index contributed by atoms with van der Waals surface area (Å²) in [7, 11) is 0. The fraction of sp³-hybridized carbons (Fsp3) is 0.812. The van der Waals surface area contributed by atoms with Crippen molar-refractivity contribution in [1.29, 1.82) is 0 Å². The molecular formula is C16H28N6O2. The van der Waals surface area contributed by atoms with E-state index in [2.05, 4.69) is 33.8 Å². The van der Waals surface area contributed by atoms with Crippen molar-refractivity contribution in [3.8, 4) is 0 Å². The average molecular weight is 336 g/mol. The molecule has 0 aliphatic carbocycles. The fourth-order valence-corrected chi connectivity index (χ4v) is 3.47. The smallest absolute Gasteiger partial charge is 0.286 e. The normalized spacial score (nSPS) is 22.5. The van der Waals surface area contributed by atoms with Crippen LogP contribution in [0.5, 0.6) is 0 Å². The number of carbonyl (C=O) groups excluding carboxylic acids is 1. The summed E-state index contributed by atoms with van der Waals surface area (Å²) >= 11 is 0. The number of rotatable bonds is 6. The second-order valence-electron chi connectivity index (χ2n) is 7.21. The summed E-state index contributed by atoms with van der Waals surface area (Å²) in [5, 5.41) is 8.25. The molecule has 1 unspecified atom stereocenters. The van der Waals surface area contributed by atoms with E-state index in [1.165, 1.54) is 6.42 Å². The Kier molecular flexibility index (Phi) is 5.35. The molecule has 2 saturated heterocycles. The summed E-state index contributed by atoms with van der Waals surface area (Å²) in [5.41, 5.74) is 5.45. The van der Waals surface area contributed by atoms with E-state index in [0.717, 1.165) is 51.9 Å². The lowest BCUT2D eigenvalue weighted by Gasteiger charge is -2.36. The minimum Gasteiger partial charge on any atom is -0.381 e. The standard InChI is InChI=1S/C16H28N6O2/c1-12(2)9-22-15(14(17)23)18-19-16(22)21-6-4-20(5-7-21)10-13-3-8-24-11-13/h12-13H,3-11H2,1-2H3,(H2,17,23). The average Bonchev–Trinajstić information content (AvgIpc) is 3.17. The minimum absolute atomic E-state index is 0.254. The first-order valence-electron chi connectivity index (χ1n) is 8.82. The maximum Gasteiger partial charge on any atom is 0.286 e. The highest BCUT2D eigenvalue weighted by Gasteiger charge is 2.26. The summed E-state index contributed by atoms with van der Waals surface area (Å²) in [4.78, 5) is 16.3. The van der Waals surface area contributed by atoms with Crippen molar-refractivity contribution >= 4 is 11.9 Å². The Labute approximate surface area is 142 Å². The molecule has 1 aromatic rings. The fourth-order valence-electron chi connectivity index (χ4n) is 3.47. The number of hydrogen-bond acceptors (Lipinski definition) is 6. The van der Waals surface area contributed by atoms with Crippen molar-refractivity contribution in [2.24, 2.45) is 17.6 Å². The Balaban J connectivity index is 1.64. The van der Waals surface area contributed by atoms with Gasteiger partial charge in [-0.3, -0.25) is 14.3 Å². The van der Waals surface area contributed by atoms with Gasteiger partial charge >= 0.3 is 0 Å². The number of primary amides is 1. The maximum absolute atomic E-state index is 11.6. The first kappa shape index (κ1) is 17.2. The number of piperazine rings is 1. The second kappa shape index (κ2) is 7.48. The molecule has 2 aliphatic heterocycles. The number of aromatic nitrogens is 3. The molecule has 8 heteroatoms. The van der Waals surface area contributed by atoms with Crippen LogP contribution in [0.3, 0.4) is 0 Å². The Morgan fingerprint density at radius 2 is 2.04 bits per heavy atom. The number of ether oxygens (including phenoxy) is 1. The minimum atomic E-state index is -0.519. The molecule has 0 spiro atoms. The molecule has 24 heavy (non-hydrogen) atoms. The molecule has 0 aromatic carbocycles. The highest BCUT2D eigenvalue weighted by Crippen LogP contribution is 2.19. The maximum atomic E-state index is 11.6. The van der Waals surface area contributed by atoms with Gasteiger partial charge in [0.05, 0.1) is 6.61 Å². The molecule has 3 rings (SSSR count). The lowest BCUT2D eigenvalue weighted by molar-refractivity contribution is 0.0985. The molecule has 1 amide bonds. The van der Waals surface area contributed by atoms with Crippen LogP contribution in [0.25, 0.3) is 0 Å². The molecule has 3 heterocycles. The van der Waals surface area contributed by atoms with Crippen LogP contribution >= 0.6 is 0 Å². The molecule has 0 bridgehead atoms. The first-order valence-corrected chi connectivity index (χ1v) is 8.82. The van der Waals surface area contributed by atoms with Crippen molar-refractivity contribution in [3.63, 3.8) is 0 Å². The van der Waals surface area contributed by atoms with Crippen LogP contribution < -0.4 is 10.6 Å². The third-order valence-corrected chi connectivity index (χ3v) is 4.69. The van der Waals surface area contributed by atoms with Crippen LogP contribution in [0, 0.1) is 11.8 Å². The Morgan fingerprint density at radius 3 is 2.62 bits per heavy atom. The van der Waals surface area contributed by atoms with E-state index in [1.807, 2.05) is 4.57 Å². The van der Waals surface area contributed by atoms with E-state index in [9.17, 15) is 4.79 Å². The highest BCUT2D eigenvalue weighted by molar-refractivity contribution is 5.89. The molecule has 2 N–H and O–H groups in total. The van der Waals surface area contributed by atoms with Gasteiger partial charge in [0.2, 0.25) is 11.8 Å². The van der Waals surface area contributed by atoms with E-state index in [1.54, 1.807) is 0 Å². The predicted molar refractivity (Wildman–Crippen MR) is 91.0 cm³/mol. The van der Waals surface area contributed by atoms with Gasteiger partial charge in [-0.25, -0.2) is 0 Å². The molecule has 8 nitrogen and oxygen atoms in total. The first-order chi connectivity index (χ1) is 11.5. The van der Waals surface area contributed by atoms with Gasteiger partial charge < -0.3 is 15.4 Å². The molecule has 2 aliphatic rings. The topological polar surface area (TPSA) is 89.5 Å². The Hall–Kier alpha value is -1.67. The van der Waals surface area contributed by atoms with Crippen molar-refractivity contribution in [1.82, 2.24) is 19.7 Å². The van der Waals surface area contributed by atoms with Crippen molar-refractivity contribution in [2.75, 3.05) is 50.8 Å². The zero-order valence-electron chi connectivity index (χ0n) is 14.6. The Bertz CT molecular complexity index is 559. The van der Waals surface area contributed by atoms with Crippen LogP contribution in [-0.4, -0.2) is 71.5 Å². The highest BCUT2D eigenvalue weighted by atomic mass is 16.5. The number of carbonyl (C=O) groups is 1. The summed E-state index contributed by atoms with van der Waals surface area (Å²) in [6.07, 6.45) is 1.17. The quantitative estimate of drug-likeness (QED) is 0.798. The van der Waals surface area contributed by atoms with Gasteiger partial charge in [0.25, 0.3) is 5.91 Å². The lowest BCUT2D eigenvalue weighted by Crippen LogP contribution is -2.48. The number of nitrogens with zero attached hydrogens (tertiary/aromatic N) is 5. The van der Waals surface area contributed by atoms with Crippen LogP contribution in [-0.2, 0) is 11.3 Å². The third-order valence-electron chi connectivity index (χ3n) is 4.69. The van der Waals surface area contributed by atoms with Crippen LogP contribution in [0.1, 0.15) is 30.9 Å². The third kappa shape index (κ3) is 3.87. The van der Waals surface area contributed by atoms with Gasteiger partial charge in [-0.05, 0) is 18.3 Å². The number of hydrogen-bond donors (Lipinski definition) is 1. The zero-order chi connectivity index (χ0) is 17.1. The molecular weight excluding hydrogens is 308 g/mol. The lowest BCUT2D eigenvalue weighted by atomic mass is 10.1. The number of anilines is 1. The van der Waals surface area contributed by atoms with Gasteiger partial charge in [-0.15, -0.1) is 10.2 Å². The van der Waals surface area contributed by atoms with E-state index < -0.39 is 5.91 Å². The predicted octanol–water partition coefficient (Wildman–Crippen LogP) is 0.192. The Morgan fingerprint density at radius 1 is 1.29 bits per heavy atom. The van der Waals surface area contributed by atoms with E-state index >= 15 is 0 Å². The molecule has 0 saturated carbocycles. The van der Waals surface area contributed by atoms with Gasteiger partial charge in [0.15, 0.2) is 0 Å². The van der Waals surface area contributed by atoms with Crippen LogP contribution in [0.15, 0.2) is 0 Å². The molecule has 1 atom stereocenters. The SMILES string of the molecule is CC(C)Cn1c(C(N)=O)nnc1N1CCN(CC2CCOC2)CC1.